The zero-order valence-corrected chi connectivity index (χ0v) is 14.2. The van der Waals surface area contributed by atoms with Crippen LogP contribution in [-0.4, -0.2) is 23.5 Å². The number of carbonyl (C=O) groups excluding carboxylic acids is 2. The predicted molar refractivity (Wildman–Crippen MR) is 96.8 cm³/mol. The summed E-state index contributed by atoms with van der Waals surface area (Å²) in [7, 11) is 0. The summed E-state index contributed by atoms with van der Waals surface area (Å²) in [5, 5.41) is 12.1. The summed E-state index contributed by atoms with van der Waals surface area (Å²) in [6, 6.07) is 16.7. The number of anilines is 1. The Morgan fingerprint density at radius 1 is 1.15 bits per heavy atom. The SMILES string of the molecule is N#Cc1ccc(NC(=O)COC(=O)c2cc(Cl)nc3ccccc23)cc1. The molecule has 26 heavy (non-hydrogen) atoms. The lowest BCUT2D eigenvalue weighted by molar-refractivity contribution is -0.119. The number of fused-ring (bicyclic) bond motifs is 1. The molecule has 6 nitrogen and oxygen atoms in total. The van der Waals surface area contributed by atoms with Gasteiger partial charge in [-0.15, -0.1) is 0 Å². The fourth-order valence-corrected chi connectivity index (χ4v) is 2.55. The molecule has 0 fully saturated rings. The third-order valence-corrected chi connectivity index (χ3v) is 3.73. The third-order valence-electron chi connectivity index (χ3n) is 3.54. The lowest BCUT2D eigenvalue weighted by Gasteiger charge is -2.08. The Morgan fingerprint density at radius 2 is 1.88 bits per heavy atom. The van der Waals surface area contributed by atoms with E-state index in [9.17, 15) is 9.59 Å². The van der Waals surface area contributed by atoms with E-state index in [0.29, 0.717) is 22.2 Å². The average Bonchev–Trinajstić information content (AvgIpc) is 2.66. The first-order valence-electron chi connectivity index (χ1n) is 7.59. The second-order valence-electron chi connectivity index (χ2n) is 5.32. The highest BCUT2D eigenvalue weighted by Crippen LogP contribution is 2.21. The van der Waals surface area contributed by atoms with E-state index in [-0.39, 0.29) is 10.7 Å². The van der Waals surface area contributed by atoms with Gasteiger partial charge in [0.05, 0.1) is 22.7 Å². The quantitative estimate of drug-likeness (QED) is 0.563. The first-order valence-corrected chi connectivity index (χ1v) is 7.97. The van der Waals surface area contributed by atoms with Gasteiger partial charge in [-0.1, -0.05) is 29.8 Å². The van der Waals surface area contributed by atoms with Crippen LogP contribution < -0.4 is 5.32 Å². The van der Waals surface area contributed by atoms with Crippen LogP contribution in [0.25, 0.3) is 10.9 Å². The number of nitriles is 1. The van der Waals surface area contributed by atoms with E-state index in [1.807, 2.05) is 6.07 Å². The fourth-order valence-electron chi connectivity index (χ4n) is 2.35. The number of hydrogen-bond donors (Lipinski definition) is 1. The lowest BCUT2D eigenvalue weighted by Crippen LogP contribution is -2.21. The van der Waals surface area contributed by atoms with Gasteiger partial charge in [0.1, 0.15) is 5.15 Å². The number of ether oxygens (including phenoxy) is 1. The zero-order chi connectivity index (χ0) is 18.5. The highest BCUT2D eigenvalue weighted by atomic mass is 35.5. The lowest BCUT2D eigenvalue weighted by atomic mass is 10.1. The maximum absolute atomic E-state index is 12.3. The van der Waals surface area contributed by atoms with Crippen LogP contribution in [0.4, 0.5) is 5.69 Å². The third kappa shape index (κ3) is 3.97. The molecule has 2 aromatic carbocycles. The van der Waals surface area contributed by atoms with Gasteiger partial charge in [0, 0.05) is 11.1 Å². The molecule has 1 aromatic heterocycles. The Labute approximate surface area is 154 Å². The molecule has 0 aliphatic rings. The molecule has 0 atom stereocenters. The molecular weight excluding hydrogens is 354 g/mol. The van der Waals surface area contributed by atoms with Crippen molar-refractivity contribution >= 4 is 40.1 Å². The average molecular weight is 366 g/mol. The second-order valence-corrected chi connectivity index (χ2v) is 5.71. The Hall–Kier alpha value is -3.43. The number of nitrogens with one attached hydrogen (secondary N) is 1. The minimum absolute atomic E-state index is 0.165. The Morgan fingerprint density at radius 3 is 2.62 bits per heavy atom. The molecule has 0 saturated carbocycles. The zero-order valence-electron chi connectivity index (χ0n) is 13.4. The molecule has 1 amide bonds. The number of nitrogens with zero attached hydrogens (tertiary/aromatic N) is 2. The largest absolute Gasteiger partial charge is 0.452 e. The van der Waals surface area contributed by atoms with Gasteiger partial charge < -0.3 is 10.1 Å². The molecule has 3 rings (SSSR count). The van der Waals surface area contributed by atoms with Crippen LogP contribution in [0.3, 0.4) is 0 Å². The standard InChI is InChI=1S/C19H12ClN3O3/c20-17-9-15(14-3-1-2-4-16(14)23-17)19(25)26-11-18(24)22-13-7-5-12(10-21)6-8-13/h1-9H,11H2,(H,22,24). The summed E-state index contributed by atoms with van der Waals surface area (Å²) in [6.07, 6.45) is 0. The minimum atomic E-state index is -0.666. The Bertz CT molecular complexity index is 1030. The van der Waals surface area contributed by atoms with Gasteiger partial charge in [-0.2, -0.15) is 5.26 Å². The van der Waals surface area contributed by atoms with Crippen LogP contribution in [0.15, 0.2) is 54.6 Å². The van der Waals surface area contributed by atoms with Crippen molar-refractivity contribution in [1.82, 2.24) is 4.98 Å². The van der Waals surface area contributed by atoms with Crippen molar-refractivity contribution in [3.05, 3.63) is 70.9 Å². The molecule has 0 spiro atoms. The van der Waals surface area contributed by atoms with Crippen LogP contribution >= 0.6 is 11.6 Å². The summed E-state index contributed by atoms with van der Waals surface area (Å²) in [4.78, 5) is 28.4. The smallest absolute Gasteiger partial charge is 0.339 e. The van der Waals surface area contributed by atoms with E-state index in [2.05, 4.69) is 10.3 Å². The summed E-state index contributed by atoms with van der Waals surface area (Å²) in [6.45, 7) is -0.451. The first kappa shape index (κ1) is 17.4. The van der Waals surface area contributed by atoms with Gasteiger partial charge in [-0.05, 0) is 36.4 Å². The van der Waals surface area contributed by atoms with E-state index in [1.165, 1.54) is 6.07 Å². The highest BCUT2D eigenvalue weighted by molar-refractivity contribution is 6.30. The van der Waals surface area contributed by atoms with Crippen molar-refractivity contribution in [3.8, 4) is 6.07 Å². The molecule has 1 heterocycles. The Kier molecular flexibility index (Phi) is 5.11. The maximum atomic E-state index is 12.3. The van der Waals surface area contributed by atoms with Crippen LogP contribution in [0.5, 0.6) is 0 Å². The summed E-state index contributed by atoms with van der Waals surface area (Å²) < 4.78 is 5.08. The molecule has 0 aliphatic heterocycles. The summed E-state index contributed by atoms with van der Waals surface area (Å²) in [5.41, 5.74) is 1.79. The molecular formula is C19H12ClN3O3. The van der Waals surface area contributed by atoms with E-state index in [1.54, 1.807) is 48.5 Å². The molecule has 0 bridgehead atoms. The molecule has 0 unspecified atom stereocenters. The predicted octanol–water partition coefficient (Wildman–Crippen LogP) is 3.56. The van der Waals surface area contributed by atoms with E-state index in [4.69, 9.17) is 21.6 Å². The molecule has 1 N–H and O–H groups in total. The maximum Gasteiger partial charge on any atom is 0.339 e. The van der Waals surface area contributed by atoms with Crippen molar-refractivity contribution in [2.45, 2.75) is 0 Å². The molecule has 3 aromatic rings. The summed E-state index contributed by atoms with van der Waals surface area (Å²) >= 11 is 5.94. The van der Waals surface area contributed by atoms with Crippen molar-refractivity contribution in [2.75, 3.05) is 11.9 Å². The van der Waals surface area contributed by atoms with Crippen molar-refractivity contribution < 1.29 is 14.3 Å². The topological polar surface area (TPSA) is 92.1 Å². The van der Waals surface area contributed by atoms with E-state index >= 15 is 0 Å². The molecule has 128 valence electrons. The number of halogens is 1. The van der Waals surface area contributed by atoms with E-state index in [0.717, 1.165) is 0 Å². The number of rotatable bonds is 4. The molecule has 0 radical (unpaired) electrons. The summed E-state index contributed by atoms with van der Waals surface area (Å²) in [5.74, 6) is -1.16. The van der Waals surface area contributed by atoms with Gasteiger partial charge in [0.2, 0.25) is 0 Å². The number of hydrogen-bond acceptors (Lipinski definition) is 5. The van der Waals surface area contributed by atoms with Crippen LogP contribution in [0.2, 0.25) is 5.15 Å². The number of amides is 1. The van der Waals surface area contributed by atoms with Gasteiger partial charge in [-0.25, -0.2) is 9.78 Å². The normalized spacial score (nSPS) is 10.2. The van der Waals surface area contributed by atoms with Gasteiger partial charge in [0.25, 0.3) is 5.91 Å². The van der Waals surface area contributed by atoms with Crippen molar-refractivity contribution in [2.24, 2.45) is 0 Å². The van der Waals surface area contributed by atoms with Crippen molar-refractivity contribution in [1.29, 1.82) is 5.26 Å². The number of pyridine rings is 1. The number of carbonyl (C=O) groups is 2. The molecule has 7 heteroatoms. The van der Waals surface area contributed by atoms with Crippen molar-refractivity contribution in [3.63, 3.8) is 0 Å². The fraction of sp³-hybridized carbons (Fsp3) is 0.0526. The Balaban J connectivity index is 1.67. The van der Waals surface area contributed by atoms with E-state index < -0.39 is 18.5 Å². The van der Waals surface area contributed by atoms with Crippen LogP contribution in [0, 0.1) is 11.3 Å². The first-order chi connectivity index (χ1) is 12.6. The highest BCUT2D eigenvalue weighted by Gasteiger charge is 2.15. The molecule has 0 aliphatic carbocycles. The van der Waals surface area contributed by atoms with Crippen LogP contribution in [0.1, 0.15) is 15.9 Å². The van der Waals surface area contributed by atoms with Gasteiger partial charge in [-0.3, -0.25) is 4.79 Å². The molecule has 0 saturated heterocycles. The van der Waals surface area contributed by atoms with Gasteiger partial charge >= 0.3 is 5.97 Å². The second kappa shape index (κ2) is 7.64. The number of esters is 1. The monoisotopic (exact) mass is 365 g/mol. The number of benzene rings is 2. The van der Waals surface area contributed by atoms with Gasteiger partial charge in [0.15, 0.2) is 6.61 Å². The number of aromatic nitrogens is 1. The number of para-hydroxylation sites is 1. The van der Waals surface area contributed by atoms with Crippen LogP contribution in [-0.2, 0) is 9.53 Å². The minimum Gasteiger partial charge on any atom is -0.452 e.